The number of rotatable bonds is 6. The van der Waals surface area contributed by atoms with E-state index in [1.165, 1.54) is 12.1 Å². The number of aryl methyl sites for hydroxylation is 1. The second kappa shape index (κ2) is 6.52. The van der Waals surface area contributed by atoms with E-state index in [-0.39, 0.29) is 11.9 Å². The zero-order valence-electron chi connectivity index (χ0n) is 12.1. The Morgan fingerprint density at radius 1 is 1.35 bits per heavy atom. The van der Waals surface area contributed by atoms with E-state index in [4.69, 9.17) is 4.74 Å². The molecular formula is C15H20FN3O. The van der Waals surface area contributed by atoms with Gasteiger partial charge in [0.05, 0.1) is 19.3 Å². The summed E-state index contributed by atoms with van der Waals surface area (Å²) in [5, 5.41) is 7.62. The third-order valence-electron chi connectivity index (χ3n) is 3.27. The van der Waals surface area contributed by atoms with E-state index in [1.807, 2.05) is 11.7 Å². The predicted molar refractivity (Wildman–Crippen MR) is 76.4 cm³/mol. The van der Waals surface area contributed by atoms with E-state index in [9.17, 15) is 4.39 Å². The van der Waals surface area contributed by atoms with E-state index in [0.29, 0.717) is 0 Å². The Bertz CT molecular complexity index is 551. The zero-order chi connectivity index (χ0) is 14.5. The van der Waals surface area contributed by atoms with Gasteiger partial charge in [0.15, 0.2) is 5.75 Å². The lowest BCUT2D eigenvalue weighted by atomic mass is 10.0. The molecule has 0 bridgehead atoms. The molecule has 1 atom stereocenters. The molecular weight excluding hydrogens is 257 g/mol. The highest BCUT2D eigenvalue weighted by atomic mass is 19.1. The number of aromatic nitrogens is 2. The minimum absolute atomic E-state index is 0.0837. The van der Waals surface area contributed by atoms with Gasteiger partial charge in [0.1, 0.15) is 11.5 Å². The van der Waals surface area contributed by atoms with Crippen molar-refractivity contribution in [3.05, 3.63) is 47.5 Å². The first kappa shape index (κ1) is 14.5. The molecule has 4 nitrogen and oxygen atoms in total. The first-order chi connectivity index (χ1) is 9.71. The fourth-order valence-electron chi connectivity index (χ4n) is 2.33. The maximum absolute atomic E-state index is 13.1. The molecule has 1 heterocycles. The van der Waals surface area contributed by atoms with Crippen LogP contribution in [0.15, 0.2) is 30.5 Å². The van der Waals surface area contributed by atoms with Crippen LogP contribution in [0.4, 0.5) is 4.39 Å². The van der Waals surface area contributed by atoms with E-state index in [1.54, 1.807) is 25.4 Å². The van der Waals surface area contributed by atoms with Crippen LogP contribution in [-0.4, -0.2) is 23.9 Å². The Morgan fingerprint density at radius 3 is 2.60 bits per heavy atom. The molecule has 20 heavy (non-hydrogen) atoms. The number of ether oxygens (including phenoxy) is 1. The molecule has 1 unspecified atom stereocenters. The molecule has 0 fully saturated rings. The summed E-state index contributed by atoms with van der Waals surface area (Å²) in [6.07, 6.45) is 2.70. The summed E-state index contributed by atoms with van der Waals surface area (Å²) < 4.78 is 20.4. The van der Waals surface area contributed by atoms with Gasteiger partial charge in [0.2, 0.25) is 0 Å². The summed E-state index contributed by atoms with van der Waals surface area (Å²) in [5.41, 5.74) is 1.94. The van der Waals surface area contributed by atoms with E-state index < -0.39 is 0 Å². The second-order valence-electron chi connectivity index (χ2n) is 4.59. The first-order valence-electron chi connectivity index (χ1n) is 6.73. The lowest BCUT2D eigenvalue weighted by Crippen LogP contribution is -2.22. The molecule has 0 amide bonds. The highest BCUT2D eigenvalue weighted by Gasteiger charge is 2.22. The summed E-state index contributed by atoms with van der Waals surface area (Å²) in [5.74, 6) is 0.500. The van der Waals surface area contributed by atoms with Gasteiger partial charge in [-0.1, -0.05) is 19.1 Å². The van der Waals surface area contributed by atoms with Crippen molar-refractivity contribution >= 4 is 0 Å². The lowest BCUT2D eigenvalue weighted by Gasteiger charge is -2.19. The Labute approximate surface area is 118 Å². The van der Waals surface area contributed by atoms with Gasteiger partial charge in [-0.05, 0) is 31.2 Å². The fourth-order valence-corrected chi connectivity index (χ4v) is 2.33. The number of benzene rings is 1. The number of nitrogens with zero attached hydrogens (tertiary/aromatic N) is 2. The molecule has 0 saturated carbocycles. The van der Waals surface area contributed by atoms with Crippen LogP contribution in [-0.2, 0) is 6.54 Å². The zero-order valence-corrected chi connectivity index (χ0v) is 12.1. The van der Waals surface area contributed by atoms with Gasteiger partial charge in [-0.15, -0.1) is 0 Å². The van der Waals surface area contributed by atoms with E-state index in [2.05, 4.69) is 17.3 Å². The van der Waals surface area contributed by atoms with Crippen LogP contribution in [0.5, 0.6) is 5.75 Å². The van der Waals surface area contributed by atoms with Gasteiger partial charge >= 0.3 is 0 Å². The van der Waals surface area contributed by atoms with Crippen LogP contribution in [0.1, 0.15) is 30.6 Å². The highest BCUT2D eigenvalue weighted by molar-refractivity contribution is 5.36. The summed E-state index contributed by atoms with van der Waals surface area (Å²) >= 11 is 0. The number of hydrogen-bond acceptors (Lipinski definition) is 3. The number of methoxy groups -OCH3 is 1. The molecule has 2 aromatic rings. The van der Waals surface area contributed by atoms with Crippen LogP contribution in [0.2, 0.25) is 0 Å². The SMILES string of the molecule is CCCn1ncc(OC)c1C(NC)c1ccc(F)cc1. The van der Waals surface area contributed by atoms with Crippen molar-refractivity contribution in [1.29, 1.82) is 0 Å². The predicted octanol–water partition coefficient (Wildman–Crippen LogP) is 2.75. The van der Waals surface area contributed by atoms with Crippen LogP contribution < -0.4 is 10.1 Å². The molecule has 0 saturated heterocycles. The summed E-state index contributed by atoms with van der Waals surface area (Å²) in [6.45, 7) is 2.92. The van der Waals surface area contributed by atoms with Crippen LogP contribution >= 0.6 is 0 Å². The van der Waals surface area contributed by atoms with E-state index >= 15 is 0 Å². The average Bonchev–Trinajstić information content (AvgIpc) is 2.85. The molecule has 0 aliphatic rings. The molecule has 5 heteroatoms. The molecule has 0 radical (unpaired) electrons. The average molecular weight is 277 g/mol. The maximum Gasteiger partial charge on any atom is 0.161 e. The van der Waals surface area contributed by atoms with Gasteiger partial charge in [-0.25, -0.2) is 4.39 Å². The maximum atomic E-state index is 13.1. The van der Waals surface area contributed by atoms with Crippen molar-refractivity contribution in [2.75, 3.05) is 14.2 Å². The number of halogens is 1. The van der Waals surface area contributed by atoms with Crippen molar-refractivity contribution in [2.24, 2.45) is 0 Å². The van der Waals surface area contributed by atoms with Gasteiger partial charge in [0, 0.05) is 6.54 Å². The molecule has 1 aromatic heterocycles. The van der Waals surface area contributed by atoms with Gasteiger partial charge < -0.3 is 10.1 Å². The Morgan fingerprint density at radius 2 is 2.05 bits per heavy atom. The largest absolute Gasteiger partial charge is 0.493 e. The van der Waals surface area contributed by atoms with Crippen LogP contribution in [0.25, 0.3) is 0 Å². The third kappa shape index (κ3) is 2.82. The minimum Gasteiger partial charge on any atom is -0.493 e. The second-order valence-corrected chi connectivity index (χ2v) is 4.59. The smallest absolute Gasteiger partial charge is 0.161 e. The van der Waals surface area contributed by atoms with Gasteiger partial charge in [-0.3, -0.25) is 4.68 Å². The van der Waals surface area contributed by atoms with Crippen LogP contribution in [0, 0.1) is 5.82 Å². The van der Waals surface area contributed by atoms with Crippen molar-refractivity contribution in [2.45, 2.75) is 25.9 Å². The lowest BCUT2D eigenvalue weighted by molar-refractivity contribution is 0.400. The quantitative estimate of drug-likeness (QED) is 0.882. The Hall–Kier alpha value is -1.88. The standard InChI is InChI=1S/C15H20FN3O/c1-4-9-19-15(13(20-3)10-18-19)14(17-2)11-5-7-12(16)8-6-11/h5-8,10,14,17H,4,9H2,1-3H3. The van der Waals surface area contributed by atoms with E-state index in [0.717, 1.165) is 30.0 Å². The first-order valence-corrected chi connectivity index (χ1v) is 6.73. The molecule has 0 spiro atoms. The van der Waals surface area contributed by atoms with Crippen molar-refractivity contribution in [3.63, 3.8) is 0 Å². The highest BCUT2D eigenvalue weighted by Crippen LogP contribution is 2.30. The molecule has 1 N–H and O–H groups in total. The Kier molecular flexibility index (Phi) is 4.74. The molecule has 2 rings (SSSR count). The molecule has 1 aromatic carbocycles. The summed E-state index contributed by atoms with van der Waals surface area (Å²) in [4.78, 5) is 0. The number of nitrogens with one attached hydrogen (secondary N) is 1. The van der Waals surface area contributed by atoms with Crippen molar-refractivity contribution in [3.8, 4) is 5.75 Å². The van der Waals surface area contributed by atoms with Crippen LogP contribution in [0.3, 0.4) is 0 Å². The monoisotopic (exact) mass is 277 g/mol. The number of hydrogen-bond donors (Lipinski definition) is 1. The van der Waals surface area contributed by atoms with Crippen molar-refractivity contribution < 1.29 is 9.13 Å². The fraction of sp³-hybridized carbons (Fsp3) is 0.400. The molecule has 0 aliphatic carbocycles. The van der Waals surface area contributed by atoms with Gasteiger partial charge in [0.25, 0.3) is 0 Å². The minimum atomic E-state index is -0.238. The van der Waals surface area contributed by atoms with Gasteiger partial charge in [-0.2, -0.15) is 5.10 Å². The molecule has 108 valence electrons. The summed E-state index contributed by atoms with van der Waals surface area (Å²) in [7, 11) is 3.50. The molecule has 0 aliphatic heterocycles. The Balaban J connectivity index is 2.44. The normalized spacial score (nSPS) is 12.4. The van der Waals surface area contributed by atoms with Crippen molar-refractivity contribution in [1.82, 2.24) is 15.1 Å². The third-order valence-corrected chi connectivity index (χ3v) is 3.27. The summed E-state index contributed by atoms with van der Waals surface area (Å²) in [6, 6.07) is 6.40. The topological polar surface area (TPSA) is 39.1 Å².